The van der Waals surface area contributed by atoms with Gasteiger partial charge in [0.25, 0.3) is 0 Å². The van der Waals surface area contributed by atoms with Gasteiger partial charge in [0.2, 0.25) is 0 Å². The van der Waals surface area contributed by atoms with Crippen LogP contribution in [0.25, 0.3) is 0 Å². The largest absolute Gasteiger partial charge is 0.307 e. The molecule has 1 aromatic heterocycles. The molecule has 1 aromatic rings. The molecule has 1 fully saturated rings. The first kappa shape index (κ1) is 7.10. The molecule has 0 aromatic carbocycles. The Kier molecular flexibility index (Phi) is 1.52. The van der Waals surface area contributed by atoms with E-state index in [9.17, 15) is 0 Å². The van der Waals surface area contributed by atoms with Gasteiger partial charge in [-0.15, -0.1) is 11.3 Å². The van der Waals surface area contributed by atoms with Crippen LogP contribution in [0, 0.1) is 0 Å². The van der Waals surface area contributed by atoms with Gasteiger partial charge in [0.05, 0.1) is 0 Å². The molecule has 1 N–H and O–H groups in total. The summed E-state index contributed by atoms with van der Waals surface area (Å²) in [6, 6.07) is 3.84. The molecule has 0 aliphatic heterocycles. The quantitative estimate of drug-likeness (QED) is 0.735. The zero-order chi connectivity index (χ0) is 7.97. The summed E-state index contributed by atoms with van der Waals surface area (Å²) in [6.45, 7) is 0. The zero-order valence-corrected chi connectivity index (χ0v) is 7.86. The van der Waals surface area contributed by atoms with E-state index in [-0.39, 0.29) is 0 Å². The topological polar surface area (TPSA) is 12.0 Å². The van der Waals surface area contributed by atoms with E-state index in [1.807, 2.05) is 11.3 Å². The molecule has 64 valence electrons. The summed E-state index contributed by atoms with van der Waals surface area (Å²) in [6.07, 6.45) is 5.43. The minimum Gasteiger partial charge on any atom is -0.307 e. The number of thiophene rings is 1. The lowest BCUT2D eigenvalue weighted by atomic mass is 10.2. The highest BCUT2D eigenvalue weighted by Gasteiger charge is 2.29. The van der Waals surface area contributed by atoms with Gasteiger partial charge < -0.3 is 5.32 Å². The van der Waals surface area contributed by atoms with Crippen molar-refractivity contribution in [3.8, 4) is 0 Å². The highest BCUT2D eigenvalue weighted by atomic mass is 32.1. The van der Waals surface area contributed by atoms with Crippen molar-refractivity contribution in [2.45, 2.75) is 37.8 Å². The van der Waals surface area contributed by atoms with Crippen LogP contribution in [0.5, 0.6) is 0 Å². The third-order valence-corrected chi connectivity index (χ3v) is 3.83. The number of nitrogens with one attached hydrogen (secondary N) is 1. The zero-order valence-electron chi connectivity index (χ0n) is 7.05. The van der Waals surface area contributed by atoms with Crippen LogP contribution < -0.4 is 5.32 Å². The summed E-state index contributed by atoms with van der Waals surface area (Å²) in [5, 5.41) is 5.93. The van der Waals surface area contributed by atoms with Gasteiger partial charge in [-0.1, -0.05) is 0 Å². The second kappa shape index (κ2) is 2.57. The number of hydrogen-bond donors (Lipinski definition) is 1. The molecule has 2 aliphatic carbocycles. The fourth-order valence-corrected chi connectivity index (χ4v) is 2.96. The van der Waals surface area contributed by atoms with Crippen molar-refractivity contribution in [1.82, 2.24) is 5.32 Å². The molecule has 1 heterocycles. The molecule has 1 atom stereocenters. The summed E-state index contributed by atoms with van der Waals surface area (Å²) < 4.78 is 0. The molecule has 0 saturated heterocycles. The first-order valence-electron chi connectivity index (χ1n) is 4.76. The van der Waals surface area contributed by atoms with Crippen LogP contribution in [-0.2, 0) is 6.42 Å². The Bertz CT molecular complexity index is 288. The second-order valence-corrected chi connectivity index (χ2v) is 4.83. The molecule has 0 bridgehead atoms. The summed E-state index contributed by atoms with van der Waals surface area (Å²) in [7, 11) is 0. The molecular weight excluding hydrogens is 166 g/mol. The maximum absolute atomic E-state index is 3.70. The monoisotopic (exact) mass is 179 g/mol. The predicted molar refractivity (Wildman–Crippen MR) is 51.5 cm³/mol. The lowest BCUT2D eigenvalue weighted by Gasteiger charge is -2.10. The molecular formula is C10H13NS. The Morgan fingerprint density at radius 3 is 3.08 bits per heavy atom. The minimum atomic E-state index is 0.693. The van der Waals surface area contributed by atoms with Crippen LogP contribution in [-0.4, -0.2) is 6.04 Å². The summed E-state index contributed by atoms with van der Waals surface area (Å²) in [4.78, 5) is 1.62. The van der Waals surface area contributed by atoms with Gasteiger partial charge in [-0.25, -0.2) is 0 Å². The van der Waals surface area contributed by atoms with Gasteiger partial charge in [0.15, 0.2) is 0 Å². The maximum atomic E-state index is 3.70. The van der Waals surface area contributed by atoms with Crippen LogP contribution in [0.1, 0.15) is 35.7 Å². The van der Waals surface area contributed by atoms with Crippen molar-refractivity contribution in [1.29, 1.82) is 0 Å². The lowest BCUT2D eigenvalue weighted by molar-refractivity contribution is 0.527. The van der Waals surface area contributed by atoms with Gasteiger partial charge in [-0.2, -0.15) is 0 Å². The fourth-order valence-electron chi connectivity index (χ4n) is 2.00. The minimum absolute atomic E-state index is 0.693. The van der Waals surface area contributed by atoms with Crippen molar-refractivity contribution in [2.24, 2.45) is 0 Å². The van der Waals surface area contributed by atoms with E-state index in [1.165, 1.54) is 25.7 Å². The van der Waals surface area contributed by atoms with Crippen molar-refractivity contribution in [3.63, 3.8) is 0 Å². The SMILES string of the molecule is c1cc2c(s1)CCC2NC1CC1. The van der Waals surface area contributed by atoms with Crippen LogP contribution in [0.2, 0.25) is 0 Å². The lowest BCUT2D eigenvalue weighted by Crippen LogP contribution is -2.20. The van der Waals surface area contributed by atoms with Crippen molar-refractivity contribution >= 4 is 11.3 Å². The molecule has 1 saturated carbocycles. The fraction of sp³-hybridized carbons (Fsp3) is 0.600. The molecule has 3 rings (SSSR count). The summed E-state index contributed by atoms with van der Waals surface area (Å²) >= 11 is 1.92. The van der Waals surface area contributed by atoms with E-state index >= 15 is 0 Å². The third kappa shape index (κ3) is 1.10. The van der Waals surface area contributed by atoms with Crippen molar-refractivity contribution in [2.75, 3.05) is 0 Å². The van der Waals surface area contributed by atoms with E-state index in [1.54, 1.807) is 10.4 Å². The average Bonchev–Trinajstić information content (AvgIpc) is 2.63. The number of fused-ring (bicyclic) bond motifs is 1. The Labute approximate surface area is 76.8 Å². The molecule has 1 nitrogen and oxygen atoms in total. The molecule has 0 radical (unpaired) electrons. The van der Waals surface area contributed by atoms with Crippen LogP contribution in [0.15, 0.2) is 11.4 Å². The van der Waals surface area contributed by atoms with Gasteiger partial charge in [-0.05, 0) is 42.7 Å². The predicted octanol–water partition coefficient (Wildman–Crippen LogP) is 2.49. The van der Waals surface area contributed by atoms with Gasteiger partial charge in [-0.3, -0.25) is 0 Å². The van der Waals surface area contributed by atoms with E-state index in [0.717, 1.165) is 6.04 Å². The summed E-state index contributed by atoms with van der Waals surface area (Å²) in [5.74, 6) is 0. The first-order chi connectivity index (χ1) is 5.93. The van der Waals surface area contributed by atoms with Crippen LogP contribution in [0.4, 0.5) is 0 Å². The maximum Gasteiger partial charge on any atom is 0.0337 e. The first-order valence-corrected chi connectivity index (χ1v) is 5.64. The van der Waals surface area contributed by atoms with E-state index in [4.69, 9.17) is 0 Å². The van der Waals surface area contributed by atoms with Crippen molar-refractivity contribution in [3.05, 3.63) is 21.9 Å². The molecule has 2 aliphatic rings. The third-order valence-electron chi connectivity index (χ3n) is 2.83. The Morgan fingerprint density at radius 1 is 1.33 bits per heavy atom. The normalized spacial score (nSPS) is 27.5. The molecule has 0 spiro atoms. The highest BCUT2D eigenvalue weighted by Crippen LogP contribution is 2.36. The Balaban J connectivity index is 1.80. The van der Waals surface area contributed by atoms with Gasteiger partial charge in [0.1, 0.15) is 0 Å². The molecule has 2 heteroatoms. The smallest absolute Gasteiger partial charge is 0.0337 e. The number of hydrogen-bond acceptors (Lipinski definition) is 2. The van der Waals surface area contributed by atoms with E-state index in [0.29, 0.717) is 6.04 Å². The Hall–Kier alpha value is -0.340. The molecule has 1 unspecified atom stereocenters. The number of rotatable bonds is 2. The van der Waals surface area contributed by atoms with Crippen LogP contribution in [0.3, 0.4) is 0 Å². The van der Waals surface area contributed by atoms with E-state index in [2.05, 4.69) is 16.8 Å². The van der Waals surface area contributed by atoms with Gasteiger partial charge in [0, 0.05) is 17.0 Å². The molecule has 12 heavy (non-hydrogen) atoms. The van der Waals surface area contributed by atoms with Crippen molar-refractivity contribution < 1.29 is 0 Å². The van der Waals surface area contributed by atoms with E-state index < -0.39 is 0 Å². The highest BCUT2D eigenvalue weighted by molar-refractivity contribution is 7.10. The molecule has 0 amide bonds. The summed E-state index contributed by atoms with van der Waals surface area (Å²) in [5.41, 5.74) is 1.59. The van der Waals surface area contributed by atoms with Gasteiger partial charge >= 0.3 is 0 Å². The standard InChI is InChI=1S/C10H13NS/c1-2-7(1)11-9-3-4-10-8(9)5-6-12-10/h5-7,9,11H,1-4H2. The second-order valence-electron chi connectivity index (χ2n) is 3.83. The Morgan fingerprint density at radius 2 is 2.25 bits per heavy atom. The van der Waals surface area contributed by atoms with Crippen LogP contribution >= 0.6 is 11.3 Å². The average molecular weight is 179 g/mol. The number of aryl methyl sites for hydroxylation is 1.